The first kappa shape index (κ1) is 23.9. The lowest BCUT2D eigenvalue weighted by atomic mass is 10.2. The van der Waals surface area contributed by atoms with Crippen LogP contribution in [-0.4, -0.2) is 41.7 Å². The van der Waals surface area contributed by atoms with Crippen molar-refractivity contribution >= 4 is 54.9 Å². The lowest BCUT2D eigenvalue weighted by molar-refractivity contribution is -0.147. The van der Waals surface area contributed by atoms with Crippen molar-refractivity contribution in [3.8, 4) is 11.5 Å². The van der Waals surface area contributed by atoms with Crippen molar-refractivity contribution in [1.82, 2.24) is 9.66 Å². The highest BCUT2D eigenvalue weighted by Gasteiger charge is 2.19. The minimum atomic E-state index is -0.810. The quantitative estimate of drug-likeness (QED) is 0.310. The predicted octanol–water partition coefficient (Wildman–Crippen LogP) is 4.45. The maximum Gasteiger partial charge on any atom is 0.346 e. The second-order valence-corrected chi connectivity index (χ2v) is 8.49. The molecule has 0 fully saturated rings. The smallest absolute Gasteiger partial charge is 0.346 e. The van der Waals surface area contributed by atoms with Gasteiger partial charge in [0, 0.05) is 14.5 Å². The molecule has 0 aliphatic heterocycles. The number of methoxy groups -OCH3 is 1. The molecule has 168 valence electrons. The molecule has 10 heteroatoms. The van der Waals surface area contributed by atoms with Gasteiger partial charge in [-0.15, -0.1) is 0 Å². The molecule has 3 rings (SSSR count). The van der Waals surface area contributed by atoms with Crippen LogP contribution in [0.3, 0.4) is 0 Å². The van der Waals surface area contributed by atoms with Crippen LogP contribution in [0, 0.1) is 6.92 Å². The summed E-state index contributed by atoms with van der Waals surface area (Å²) >= 11 is 6.86. The van der Waals surface area contributed by atoms with Crippen LogP contribution in [0.25, 0.3) is 10.9 Å². The van der Waals surface area contributed by atoms with Crippen molar-refractivity contribution in [2.24, 2.45) is 5.10 Å². The molecule has 8 nitrogen and oxygen atoms in total. The molecule has 0 amide bonds. The molecule has 0 spiro atoms. The Balaban J connectivity index is 2.01. The summed E-state index contributed by atoms with van der Waals surface area (Å²) in [5, 5.41) is 4.81. The average Bonchev–Trinajstić information content (AvgIpc) is 2.76. The van der Waals surface area contributed by atoms with Gasteiger partial charge in [-0.2, -0.15) is 9.78 Å². The molecule has 1 heterocycles. The molecule has 0 saturated carbocycles. The summed E-state index contributed by atoms with van der Waals surface area (Å²) in [6, 6.07) is 8.71. The third-order valence-corrected chi connectivity index (χ3v) is 5.66. The molecule has 0 unspecified atom stereocenters. The second-order valence-electron chi connectivity index (χ2n) is 6.72. The summed E-state index contributed by atoms with van der Waals surface area (Å²) in [6.07, 6.45) is 0.717. The van der Waals surface area contributed by atoms with Crippen molar-refractivity contribution in [3.63, 3.8) is 0 Å². The first-order valence-electron chi connectivity index (χ1n) is 9.69. The third-order valence-electron chi connectivity index (χ3n) is 4.48. The van der Waals surface area contributed by atoms with Gasteiger partial charge in [0.05, 0.1) is 30.8 Å². The van der Waals surface area contributed by atoms with E-state index in [1.54, 1.807) is 38.1 Å². The number of nitrogens with zero attached hydrogens (tertiary/aromatic N) is 3. The molecule has 0 N–H and O–H groups in total. The number of hydrogen-bond donors (Lipinski definition) is 0. The van der Waals surface area contributed by atoms with Crippen LogP contribution in [0.5, 0.6) is 11.5 Å². The lowest BCUT2D eigenvalue weighted by Crippen LogP contribution is -2.25. The molecule has 32 heavy (non-hydrogen) atoms. The number of carbonyl (C=O) groups excluding carboxylic acids is 1. The van der Waals surface area contributed by atoms with E-state index in [9.17, 15) is 9.59 Å². The number of esters is 1. The molecule has 0 bridgehead atoms. The molecule has 2 aromatic carbocycles. The summed E-state index contributed by atoms with van der Waals surface area (Å²) in [7, 11) is 1.30. The van der Waals surface area contributed by atoms with Gasteiger partial charge in [-0.3, -0.25) is 4.79 Å². The number of ether oxygens (including phenoxy) is 3. The van der Waals surface area contributed by atoms with Crippen molar-refractivity contribution in [2.75, 3.05) is 13.7 Å². The fraction of sp³-hybridized carbons (Fsp3) is 0.273. The van der Waals surface area contributed by atoms with Crippen molar-refractivity contribution < 1.29 is 19.0 Å². The van der Waals surface area contributed by atoms with Gasteiger partial charge in [-0.1, -0.05) is 15.9 Å². The Morgan fingerprint density at radius 3 is 2.69 bits per heavy atom. The Morgan fingerprint density at radius 2 is 2.00 bits per heavy atom. The zero-order chi connectivity index (χ0) is 23.4. The van der Waals surface area contributed by atoms with E-state index in [0.717, 1.165) is 4.47 Å². The van der Waals surface area contributed by atoms with Crippen molar-refractivity contribution in [1.29, 1.82) is 0 Å². The number of carbonyl (C=O) groups is 1. The Kier molecular flexibility index (Phi) is 7.68. The van der Waals surface area contributed by atoms with E-state index >= 15 is 0 Å². The van der Waals surface area contributed by atoms with E-state index in [0.29, 0.717) is 44.9 Å². The zero-order valence-corrected chi connectivity index (χ0v) is 21.1. The minimum absolute atomic E-state index is 0.280. The SMILES string of the molecule is CCOc1cc(C=Nn2c(C)nc3ccc(Br)cc3c2=O)c(Br)cc1O[C@@H](C)C(=O)OC. The molecule has 3 aromatic rings. The molecule has 0 saturated heterocycles. The Morgan fingerprint density at radius 1 is 1.25 bits per heavy atom. The predicted molar refractivity (Wildman–Crippen MR) is 129 cm³/mol. The second kappa shape index (κ2) is 10.3. The maximum atomic E-state index is 12.9. The van der Waals surface area contributed by atoms with Crippen LogP contribution in [0.4, 0.5) is 0 Å². The summed E-state index contributed by atoms with van der Waals surface area (Å²) in [6.45, 7) is 5.53. The standard InChI is InChI=1S/C22H21Br2N3O5/c1-5-31-19-8-14(17(24)10-20(19)32-12(2)22(29)30-4)11-25-27-13(3)26-18-7-6-15(23)9-16(18)21(27)28/h6-12H,5H2,1-4H3/t12-/m0/s1. The van der Waals surface area contributed by atoms with E-state index in [4.69, 9.17) is 14.2 Å². The summed E-state index contributed by atoms with van der Waals surface area (Å²) in [5.74, 6) is 0.755. The number of aryl methyl sites for hydroxylation is 1. The van der Waals surface area contributed by atoms with Crippen LogP contribution in [0.2, 0.25) is 0 Å². The highest BCUT2D eigenvalue weighted by atomic mass is 79.9. The first-order valence-corrected chi connectivity index (χ1v) is 11.3. The van der Waals surface area contributed by atoms with E-state index < -0.39 is 12.1 Å². The first-order chi connectivity index (χ1) is 15.2. The Labute approximate surface area is 201 Å². The molecule has 0 radical (unpaired) electrons. The molecule has 1 atom stereocenters. The van der Waals surface area contributed by atoms with Gasteiger partial charge in [-0.05, 0) is 67.0 Å². The fourth-order valence-electron chi connectivity index (χ4n) is 2.93. The number of hydrogen-bond acceptors (Lipinski definition) is 7. The fourth-order valence-corrected chi connectivity index (χ4v) is 3.72. The van der Waals surface area contributed by atoms with Crippen molar-refractivity contribution in [3.05, 3.63) is 61.0 Å². The van der Waals surface area contributed by atoms with Crippen LogP contribution in [-0.2, 0) is 9.53 Å². The van der Waals surface area contributed by atoms with Gasteiger partial charge in [0.2, 0.25) is 0 Å². The number of aromatic nitrogens is 2. The lowest BCUT2D eigenvalue weighted by Gasteiger charge is -2.17. The Bertz CT molecular complexity index is 1260. The number of benzene rings is 2. The molecule has 0 aliphatic rings. The van der Waals surface area contributed by atoms with Gasteiger partial charge in [0.15, 0.2) is 17.6 Å². The average molecular weight is 567 g/mol. The largest absolute Gasteiger partial charge is 0.490 e. The number of fused-ring (bicyclic) bond motifs is 1. The third kappa shape index (κ3) is 5.18. The van der Waals surface area contributed by atoms with Crippen LogP contribution >= 0.6 is 31.9 Å². The molecular weight excluding hydrogens is 546 g/mol. The minimum Gasteiger partial charge on any atom is -0.490 e. The van der Waals surface area contributed by atoms with Crippen LogP contribution < -0.4 is 15.0 Å². The highest BCUT2D eigenvalue weighted by Crippen LogP contribution is 2.34. The topological polar surface area (TPSA) is 92.0 Å². The van der Waals surface area contributed by atoms with Crippen LogP contribution in [0.1, 0.15) is 25.2 Å². The van der Waals surface area contributed by atoms with Gasteiger partial charge in [0.25, 0.3) is 5.56 Å². The van der Waals surface area contributed by atoms with Crippen molar-refractivity contribution in [2.45, 2.75) is 26.9 Å². The molecule has 0 aliphatic carbocycles. The normalized spacial score (nSPS) is 12.2. The molecular formula is C22H21Br2N3O5. The van der Waals surface area contributed by atoms with Gasteiger partial charge >= 0.3 is 5.97 Å². The van der Waals surface area contributed by atoms with E-state index in [-0.39, 0.29) is 5.56 Å². The molecule has 1 aromatic heterocycles. The zero-order valence-electron chi connectivity index (χ0n) is 17.9. The van der Waals surface area contributed by atoms with E-state index in [2.05, 4.69) is 41.9 Å². The van der Waals surface area contributed by atoms with Gasteiger partial charge in [0.1, 0.15) is 5.82 Å². The summed E-state index contributed by atoms with van der Waals surface area (Å²) < 4.78 is 18.7. The highest BCUT2D eigenvalue weighted by molar-refractivity contribution is 9.10. The monoisotopic (exact) mass is 565 g/mol. The Hall–Kier alpha value is -2.72. The van der Waals surface area contributed by atoms with E-state index in [1.165, 1.54) is 18.0 Å². The summed E-state index contributed by atoms with van der Waals surface area (Å²) in [4.78, 5) is 29.1. The number of rotatable bonds is 7. The van der Waals surface area contributed by atoms with Gasteiger partial charge in [-0.25, -0.2) is 9.78 Å². The summed E-state index contributed by atoms with van der Waals surface area (Å²) in [5.41, 5.74) is 0.966. The maximum absolute atomic E-state index is 12.9. The van der Waals surface area contributed by atoms with Crippen LogP contribution in [0.15, 0.2) is 49.2 Å². The van der Waals surface area contributed by atoms with Gasteiger partial charge < -0.3 is 14.2 Å². The number of halogens is 2. The van der Waals surface area contributed by atoms with E-state index in [1.807, 2.05) is 13.0 Å².